The Kier molecular flexibility index (Phi) is 2.29. The molecule has 0 atom stereocenters. The first-order valence-electron chi connectivity index (χ1n) is 4.17. The number of aromatic nitrogens is 2. The maximum absolute atomic E-state index is 13.2. The van der Waals surface area contributed by atoms with Gasteiger partial charge in [-0.05, 0) is 12.1 Å². The molecule has 0 saturated heterocycles. The molecule has 1 aromatic carbocycles. The summed E-state index contributed by atoms with van der Waals surface area (Å²) in [7, 11) is 0. The van der Waals surface area contributed by atoms with E-state index in [0.717, 1.165) is 16.7 Å². The van der Waals surface area contributed by atoms with Gasteiger partial charge in [-0.1, -0.05) is 6.07 Å². The van der Waals surface area contributed by atoms with E-state index in [0.29, 0.717) is 0 Å². The molecule has 76 valence electrons. The maximum Gasteiger partial charge on any atom is 0.269 e. The Balaban J connectivity index is 2.51. The average Bonchev–Trinajstić information content (AvgIpc) is 2.69. The molecule has 0 radical (unpaired) electrons. The van der Waals surface area contributed by atoms with Gasteiger partial charge in [-0.2, -0.15) is 0 Å². The summed E-state index contributed by atoms with van der Waals surface area (Å²) in [6.45, 7) is 0. The molecule has 2 rings (SSSR count). The highest BCUT2D eigenvalue weighted by atomic mass is 19.1. The van der Waals surface area contributed by atoms with Crippen molar-refractivity contribution in [3.8, 4) is 0 Å². The Bertz CT molecular complexity index is 474. The van der Waals surface area contributed by atoms with E-state index >= 15 is 0 Å². The van der Waals surface area contributed by atoms with Crippen molar-refractivity contribution in [3.05, 3.63) is 54.1 Å². The number of hydrogen-bond acceptors (Lipinski definition) is 2. The van der Waals surface area contributed by atoms with E-state index in [9.17, 15) is 13.6 Å². The van der Waals surface area contributed by atoms with E-state index in [-0.39, 0.29) is 0 Å². The molecule has 0 saturated carbocycles. The normalized spacial score (nSPS) is 10.3. The fourth-order valence-electron chi connectivity index (χ4n) is 1.21. The zero-order valence-electron chi connectivity index (χ0n) is 7.52. The molecule has 0 amide bonds. The van der Waals surface area contributed by atoms with Gasteiger partial charge >= 0.3 is 0 Å². The molecular weight excluding hydrogens is 202 g/mol. The minimum atomic E-state index is -0.881. The first-order valence-corrected chi connectivity index (χ1v) is 4.17. The highest BCUT2D eigenvalue weighted by Crippen LogP contribution is 2.13. The van der Waals surface area contributed by atoms with Crippen molar-refractivity contribution >= 4 is 5.91 Å². The quantitative estimate of drug-likeness (QED) is 0.716. The van der Waals surface area contributed by atoms with E-state index < -0.39 is 23.1 Å². The van der Waals surface area contributed by atoms with Gasteiger partial charge in [0.25, 0.3) is 5.91 Å². The van der Waals surface area contributed by atoms with Crippen molar-refractivity contribution < 1.29 is 13.6 Å². The molecule has 3 nitrogen and oxygen atoms in total. The lowest BCUT2D eigenvalue weighted by molar-refractivity contribution is 0.0951. The molecule has 0 aliphatic carbocycles. The number of hydrogen-bond donors (Lipinski definition) is 0. The fourth-order valence-corrected chi connectivity index (χ4v) is 1.21. The summed E-state index contributed by atoms with van der Waals surface area (Å²) < 4.78 is 27.4. The molecule has 0 aliphatic rings. The SMILES string of the molecule is O=C(c1c(F)cccc1F)n1ccnc1. The van der Waals surface area contributed by atoms with Crippen LogP contribution >= 0.6 is 0 Å². The first-order chi connectivity index (χ1) is 7.20. The van der Waals surface area contributed by atoms with Gasteiger partial charge in [0.2, 0.25) is 0 Å². The van der Waals surface area contributed by atoms with Crippen LogP contribution in [0.5, 0.6) is 0 Å². The van der Waals surface area contributed by atoms with E-state index in [1.165, 1.54) is 24.8 Å². The van der Waals surface area contributed by atoms with Crippen molar-refractivity contribution in [1.29, 1.82) is 0 Å². The zero-order valence-corrected chi connectivity index (χ0v) is 7.52. The van der Waals surface area contributed by atoms with Gasteiger partial charge in [0.05, 0.1) is 0 Å². The Hall–Kier alpha value is -2.04. The lowest BCUT2D eigenvalue weighted by Gasteiger charge is -2.03. The van der Waals surface area contributed by atoms with E-state index in [1.54, 1.807) is 0 Å². The Morgan fingerprint density at radius 3 is 2.47 bits per heavy atom. The summed E-state index contributed by atoms with van der Waals surface area (Å²) in [5.74, 6) is -2.54. The van der Waals surface area contributed by atoms with Crippen LogP contribution in [0.2, 0.25) is 0 Å². The predicted molar refractivity (Wildman–Crippen MR) is 48.3 cm³/mol. The molecule has 0 unspecified atom stereocenters. The number of rotatable bonds is 1. The van der Waals surface area contributed by atoms with Crippen LogP contribution in [-0.2, 0) is 0 Å². The third-order valence-corrected chi connectivity index (χ3v) is 1.92. The third-order valence-electron chi connectivity index (χ3n) is 1.92. The van der Waals surface area contributed by atoms with Gasteiger partial charge in [0.15, 0.2) is 0 Å². The summed E-state index contributed by atoms with van der Waals surface area (Å²) in [4.78, 5) is 15.2. The van der Waals surface area contributed by atoms with Crippen molar-refractivity contribution in [2.75, 3.05) is 0 Å². The molecule has 2 aromatic rings. The number of carbonyl (C=O) groups is 1. The highest BCUT2D eigenvalue weighted by Gasteiger charge is 2.17. The predicted octanol–water partition coefficient (Wildman–Crippen LogP) is 1.85. The van der Waals surface area contributed by atoms with Gasteiger partial charge in [-0.3, -0.25) is 9.36 Å². The van der Waals surface area contributed by atoms with Crippen LogP contribution in [0.25, 0.3) is 0 Å². The zero-order chi connectivity index (χ0) is 10.8. The van der Waals surface area contributed by atoms with Gasteiger partial charge in [0.1, 0.15) is 23.5 Å². The van der Waals surface area contributed by atoms with Crippen molar-refractivity contribution in [1.82, 2.24) is 9.55 Å². The number of imidazole rings is 1. The molecule has 0 aliphatic heterocycles. The summed E-state index contributed by atoms with van der Waals surface area (Å²) in [5, 5.41) is 0. The highest BCUT2D eigenvalue weighted by molar-refractivity contribution is 5.96. The van der Waals surface area contributed by atoms with Crippen LogP contribution in [-0.4, -0.2) is 15.5 Å². The minimum Gasteiger partial charge on any atom is -0.272 e. The molecule has 5 heteroatoms. The smallest absolute Gasteiger partial charge is 0.269 e. The number of nitrogens with zero attached hydrogens (tertiary/aromatic N) is 2. The van der Waals surface area contributed by atoms with Crippen LogP contribution in [0.15, 0.2) is 36.9 Å². The summed E-state index contributed by atoms with van der Waals surface area (Å²) in [6, 6.07) is 3.27. The van der Waals surface area contributed by atoms with Crippen LogP contribution in [0.3, 0.4) is 0 Å². The van der Waals surface area contributed by atoms with Crippen LogP contribution in [0.4, 0.5) is 8.78 Å². The Morgan fingerprint density at radius 1 is 1.27 bits per heavy atom. The van der Waals surface area contributed by atoms with Crippen molar-refractivity contribution in [2.24, 2.45) is 0 Å². The standard InChI is InChI=1S/C10H6F2N2O/c11-7-2-1-3-8(12)9(7)10(15)14-5-4-13-6-14/h1-6H. The van der Waals surface area contributed by atoms with Crippen molar-refractivity contribution in [3.63, 3.8) is 0 Å². The summed E-state index contributed by atoms with van der Waals surface area (Å²) in [5.41, 5.74) is -0.574. The van der Waals surface area contributed by atoms with Crippen LogP contribution < -0.4 is 0 Å². The molecule has 0 spiro atoms. The van der Waals surface area contributed by atoms with Gasteiger partial charge in [-0.15, -0.1) is 0 Å². The molecule has 1 aromatic heterocycles. The van der Waals surface area contributed by atoms with Gasteiger partial charge < -0.3 is 0 Å². The Morgan fingerprint density at radius 2 is 1.93 bits per heavy atom. The van der Waals surface area contributed by atoms with Crippen LogP contribution in [0, 0.1) is 11.6 Å². The number of halogens is 2. The molecule has 0 fully saturated rings. The molecule has 0 bridgehead atoms. The molecule has 15 heavy (non-hydrogen) atoms. The lowest BCUT2D eigenvalue weighted by Crippen LogP contribution is -2.13. The molecule has 0 N–H and O–H groups in total. The molecular formula is C10H6F2N2O. The first kappa shape index (κ1) is 9.51. The fraction of sp³-hybridized carbons (Fsp3) is 0. The second kappa shape index (κ2) is 3.61. The minimum absolute atomic E-state index is 0.574. The van der Waals surface area contributed by atoms with Gasteiger partial charge in [-0.25, -0.2) is 13.8 Å². The monoisotopic (exact) mass is 208 g/mol. The second-order valence-electron chi connectivity index (χ2n) is 2.87. The summed E-state index contributed by atoms with van der Waals surface area (Å²) >= 11 is 0. The number of carbonyl (C=O) groups excluding carboxylic acids is 1. The van der Waals surface area contributed by atoms with Crippen LogP contribution in [0.1, 0.15) is 10.4 Å². The average molecular weight is 208 g/mol. The molecule has 1 heterocycles. The topological polar surface area (TPSA) is 34.9 Å². The maximum atomic E-state index is 13.2. The lowest BCUT2D eigenvalue weighted by atomic mass is 10.2. The largest absolute Gasteiger partial charge is 0.272 e. The van der Waals surface area contributed by atoms with E-state index in [1.807, 2.05) is 0 Å². The van der Waals surface area contributed by atoms with E-state index in [2.05, 4.69) is 4.98 Å². The Labute approximate surface area is 84.0 Å². The second-order valence-corrected chi connectivity index (χ2v) is 2.87. The van der Waals surface area contributed by atoms with Crippen molar-refractivity contribution in [2.45, 2.75) is 0 Å². The summed E-state index contributed by atoms with van der Waals surface area (Å²) in [6.07, 6.45) is 3.87. The van der Waals surface area contributed by atoms with Gasteiger partial charge in [0, 0.05) is 12.4 Å². The third kappa shape index (κ3) is 1.63. The van der Waals surface area contributed by atoms with E-state index in [4.69, 9.17) is 0 Å². The number of benzene rings is 1.